The van der Waals surface area contributed by atoms with Gasteiger partial charge in [-0.3, -0.25) is 5.84 Å². The average molecular weight is 360 g/mol. The van der Waals surface area contributed by atoms with E-state index >= 15 is 0 Å². The van der Waals surface area contributed by atoms with Crippen molar-refractivity contribution in [3.8, 4) is 0 Å². The highest BCUT2D eigenvalue weighted by Gasteiger charge is 2.18. The van der Waals surface area contributed by atoms with Crippen LogP contribution in [-0.2, 0) is 0 Å². The van der Waals surface area contributed by atoms with Gasteiger partial charge in [0.2, 0.25) is 0 Å². The number of rotatable bonds is 3. The number of nitrogens with one attached hydrogen (secondary N) is 1. The third-order valence-electron chi connectivity index (χ3n) is 3.06. The molecular weight excluding hydrogens is 347 g/mol. The molecule has 3 N–H and O–H groups in total. The van der Waals surface area contributed by atoms with Crippen molar-refractivity contribution in [2.45, 2.75) is 13.0 Å². The monoisotopic (exact) mass is 358 g/mol. The first-order valence-corrected chi connectivity index (χ1v) is 7.25. The van der Waals surface area contributed by atoms with Crippen molar-refractivity contribution in [1.82, 2.24) is 5.43 Å². The third-order valence-corrected chi connectivity index (χ3v) is 4.49. The molecule has 0 aliphatic heterocycles. The zero-order valence-electron chi connectivity index (χ0n) is 10.3. The number of hydrazine groups is 1. The Morgan fingerprint density at radius 1 is 1.16 bits per heavy atom. The molecule has 0 heterocycles. The molecule has 19 heavy (non-hydrogen) atoms. The van der Waals surface area contributed by atoms with Crippen molar-refractivity contribution in [1.29, 1.82) is 0 Å². The second kappa shape index (κ2) is 6.25. The summed E-state index contributed by atoms with van der Waals surface area (Å²) in [5.41, 5.74) is 5.83. The lowest BCUT2D eigenvalue weighted by Gasteiger charge is -2.21. The highest BCUT2D eigenvalue weighted by atomic mass is 79.9. The Hall–Kier alpha value is -0.580. The summed E-state index contributed by atoms with van der Waals surface area (Å²) in [7, 11) is 0. The zero-order chi connectivity index (χ0) is 14.0. The van der Waals surface area contributed by atoms with Gasteiger partial charge in [-0.05, 0) is 47.9 Å². The fraction of sp³-hybridized carbons (Fsp3) is 0.143. The van der Waals surface area contributed by atoms with Gasteiger partial charge in [0.1, 0.15) is 0 Å². The van der Waals surface area contributed by atoms with Crippen molar-refractivity contribution >= 4 is 39.1 Å². The first kappa shape index (κ1) is 14.8. The molecule has 2 aromatic rings. The standard InChI is InChI=1S/C14H13BrCl2N2/c1-8-10(3-2-4-12(8)15)14(19-18)11-7-9(16)5-6-13(11)17/h2-7,14,19H,18H2,1H3. The van der Waals surface area contributed by atoms with E-state index in [-0.39, 0.29) is 6.04 Å². The van der Waals surface area contributed by atoms with Crippen molar-refractivity contribution in [2.75, 3.05) is 0 Å². The normalized spacial score (nSPS) is 12.5. The van der Waals surface area contributed by atoms with E-state index in [1.54, 1.807) is 12.1 Å². The van der Waals surface area contributed by atoms with Crippen LogP contribution in [-0.4, -0.2) is 0 Å². The first-order chi connectivity index (χ1) is 9.04. The number of hydrogen-bond acceptors (Lipinski definition) is 2. The molecule has 1 atom stereocenters. The van der Waals surface area contributed by atoms with Crippen molar-refractivity contribution in [2.24, 2.45) is 5.84 Å². The highest BCUT2D eigenvalue weighted by Crippen LogP contribution is 2.33. The van der Waals surface area contributed by atoms with Gasteiger partial charge in [-0.2, -0.15) is 0 Å². The molecule has 0 saturated heterocycles. The molecule has 0 bridgehead atoms. The van der Waals surface area contributed by atoms with Crippen molar-refractivity contribution in [3.05, 3.63) is 67.6 Å². The maximum absolute atomic E-state index is 6.25. The molecule has 2 rings (SSSR count). The van der Waals surface area contributed by atoms with Gasteiger partial charge in [-0.25, -0.2) is 5.43 Å². The molecule has 0 spiro atoms. The smallest absolute Gasteiger partial charge is 0.0728 e. The maximum Gasteiger partial charge on any atom is 0.0728 e. The SMILES string of the molecule is Cc1c(Br)cccc1C(NN)c1cc(Cl)ccc1Cl. The number of nitrogens with two attached hydrogens (primary N) is 1. The van der Waals surface area contributed by atoms with Crippen LogP contribution in [0.1, 0.15) is 22.7 Å². The molecule has 0 saturated carbocycles. The van der Waals surface area contributed by atoms with Crippen LogP contribution in [0.3, 0.4) is 0 Å². The summed E-state index contributed by atoms with van der Waals surface area (Å²) in [4.78, 5) is 0. The van der Waals surface area contributed by atoms with Gasteiger partial charge in [0, 0.05) is 14.5 Å². The molecular formula is C14H13BrCl2N2. The summed E-state index contributed by atoms with van der Waals surface area (Å²) in [6.45, 7) is 2.03. The Labute approximate surface area is 131 Å². The second-order valence-electron chi connectivity index (χ2n) is 4.22. The summed E-state index contributed by atoms with van der Waals surface area (Å²) >= 11 is 15.8. The molecule has 0 aliphatic carbocycles. The Kier molecular flexibility index (Phi) is 4.87. The topological polar surface area (TPSA) is 38.0 Å². The molecule has 100 valence electrons. The molecule has 0 fully saturated rings. The Bertz CT molecular complexity index is 600. The minimum absolute atomic E-state index is 0.205. The summed E-state index contributed by atoms with van der Waals surface area (Å²) in [6, 6.07) is 11.1. The molecule has 1 unspecified atom stereocenters. The number of halogens is 3. The fourth-order valence-corrected chi connectivity index (χ4v) is 2.81. The Morgan fingerprint density at radius 2 is 1.89 bits per heavy atom. The van der Waals surface area contributed by atoms with Gasteiger partial charge in [0.25, 0.3) is 0 Å². The molecule has 0 aromatic heterocycles. The average Bonchev–Trinajstić information content (AvgIpc) is 2.39. The van der Waals surface area contributed by atoms with Gasteiger partial charge in [-0.1, -0.05) is 51.3 Å². The molecule has 2 nitrogen and oxygen atoms in total. The van der Waals surface area contributed by atoms with Gasteiger partial charge in [0.05, 0.1) is 6.04 Å². The van der Waals surface area contributed by atoms with Crippen molar-refractivity contribution < 1.29 is 0 Å². The lowest BCUT2D eigenvalue weighted by molar-refractivity contribution is 0.633. The molecule has 0 amide bonds. The second-order valence-corrected chi connectivity index (χ2v) is 5.92. The van der Waals surface area contributed by atoms with Crippen LogP contribution in [0.5, 0.6) is 0 Å². The van der Waals surface area contributed by atoms with Crippen LogP contribution < -0.4 is 11.3 Å². The molecule has 5 heteroatoms. The van der Waals surface area contributed by atoms with Gasteiger partial charge < -0.3 is 0 Å². The highest BCUT2D eigenvalue weighted by molar-refractivity contribution is 9.10. The van der Waals surface area contributed by atoms with Crippen LogP contribution in [0.4, 0.5) is 0 Å². The number of benzene rings is 2. The lowest BCUT2D eigenvalue weighted by atomic mass is 9.95. The van der Waals surface area contributed by atoms with Crippen LogP contribution in [0, 0.1) is 6.92 Å². The van der Waals surface area contributed by atoms with Crippen LogP contribution in [0.25, 0.3) is 0 Å². The summed E-state index contributed by atoms with van der Waals surface area (Å²) < 4.78 is 1.03. The van der Waals surface area contributed by atoms with E-state index in [2.05, 4.69) is 21.4 Å². The van der Waals surface area contributed by atoms with Crippen LogP contribution >= 0.6 is 39.1 Å². The summed E-state index contributed by atoms with van der Waals surface area (Å²) in [6.07, 6.45) is 0. The minimum Gasteiger partial charge on any atom is -0.271 e. The lowest BCUT2D eigenvalue weighted by Crippen LogP contribution is -2.29. The van der Waals surface area contributed by atoms with E-state index in [4.69, 9.17) is 29.0 Å². The zero-order valence-corrected chi connectivity index (χ0v) is 13.4. The third kappa shape index (κ3) is 3.12. The van der Waals surface area contributed by atoms with E-state index < -0.39 is 0 Å². The van der Waals surface area contributed by atoms with Crippen LogP contribution in [0.15, 0.2) is 40.9 Å². The van der Waals surface area contributed by atoms with Gasteiger partial charge in [0.15, 0.2) is 0 Å². The largest absolute Gasteiger partial charge is 0.271 e. The van der Waals surface area contributed by atoms with E-state index in [9.17, 15) is 0 Å². The van der Waals surface area contributed by atoms with Gasteiger partial charge in [-0.15, -0.1) is 0 Å². The maximum atomic E-state index is 6.25. The summed E-state index contributed by atoms with van der Waals surface area (Å²) in [5.74, 6) is 5.71. The predicted molar refractivity (Wildman–Crippen MR) is 84.5 cm³/mol. The quantitative estimate of drug-likeness (QED) is 0.620. The molecule has 0 radical (unpaired) electrons. The van der Waals surface area contributed by atoms with Gasteiger partial charge >= 0.3 is 0 Å². The molecule has 2 aromatic carbocycles. The van der Waals surface area contributed by atoms with E-state index in [1.165, 1.54) is 0 Å². The van der Waals surface area contributed by atoms with E-state index in [0.717, 1.165) is 21.2 Å². The predicted octanol–water partition coefficient (Wildman–Crippen LogP) is 4.62. The van der Waals surface area contributed by atoms with E-state index in [0.29, 0.717) is 10.0 Å². The first-order valence-electron chi connectivity index (χ1n) is 5.70. The van der Waals surface area contributed by atoms with Crippen molar-refractivity contribution in [3.63, 3.8) is 0 Å². The number of hydrogen-bond donors (Lipinski definition) is 2. The Morgan fingerprint density at radius 3 is 2.58 bits per heavy atom. The molecule has 0 aliphatic rings. The van der Waals surface area contributed by atoms with Crippen LogP contribution in [0.2, 0.25) is 10.0 Å². The summed E-state index contributed by atoms with van der Waals surface area (Å²) in [5, 5.41) is 1.26. The Balaban J connectivity index is 2.56. The minimum atomic E-state index is -0.205. The van der Waals surface area contributed by atoms with E-state index in [1.807, 2.05) is 31.2 Å². The fourth-order valence-electron chi connectivity index (χ4n) is 2.02.